The summed E-state index contributed by atoms with van der Waals surface area (Å²) in [5.41, 5.74) is 2.49. The van der Waals surface area contributed by atoms with Gasteiger partial charge in [0.25, 0.3) is 0 Å². The van der Waals surface area contributed by atoms with Gasteiger partial charge in [-0.05, 0) is 18.6 Å². The number of nitrogens with one attached hydrogen (secondary N) is 1. The molecule has 4 heteroatoms. The summed E-state index contributed by atoms with van der Waals surface area (Å²) in [4.78, 5) is 2.35. The Morgan fingerprint density at radius 3 is 2.21 bits per heavy atom. The van der Waals surface area contributed by atoms with Crippen molar-refractivity contribution in [2.45, 2.75) is 6.92 Å². The smallest absolute Gasteiger partial charge is 0.0589 e. The molecule has 1 aromatic carbocycles. The SMILES string of the molecule is COCCN(CCNc1ccccc1C)CCOC. The molecule has 0 aliphatic carbocycles. The maximum atomic E-state index is 5.13. The van der Waals surface area contributed by atoms with E-state index in [1.165, 1.54) is 11.3 Å². The number of aryl methyl sites for hydroxylation is 1. The highest BCUT2D eigenvalue weighted by Gasteiger charge is 2.04. The molecule has 0 unspecified atom stereocenters. The van der Waals surface area contributed by atoms with Gasteiger partial charge in [-0.1, -0.05) is 18.2 Å². The van der Waals surface area contributed by atoms with E-state index in [0.29, 0.717) is 0 Å². The van der Waals surface area contributed by atoms with Crippen molar-refractivity contribution in [3.05, 3.63) is 29.8 Å². The predicted molar refractivity (Wildman–Crippen MR) is 79.9 cm³/mol. The first kappa shape index (κ1) is 16.0. The molecule has 1 rings (SSSR count). The van der Waals surface area contributed by atoms with Crippen molar-refractivity contribution in [1.29, 1.82) is 0 Å². The van der Waals surface area contributed by atoms with E-state index in [4.69, 9.17) is 9.47 Å². The number of rotatable bonds is 10. The number of hydrogen-bond donors (Lipinski definition) is 1. The fraction of sp³-hybridized carbons (Fsp3) is 0.600. The number of para-hydroxylation sites is 1. The summed E-state index contributed by atoms with van der Waals surface area (Å²) >= 11 is 0. The largest absolute Gasteiger partial charge is 0.384 e. The van der Waals surface area contributed by atoms with Gasteiger partial charge in [-0.15, -0.1) is 0 Å². The van der Waals surface area contributed by atoms with Gasteiger partial charge in [-0.3, -0.25) is 4.90 Å². The van der Waals surface area contributed by atoms with E-state index in [0.717, 1.165) is 39.4 Å². The van der Waals surface area contributed by atoms with Crippen LogP contribution in [0.4, 0.5) is 5.69 Å². The Labute approximate surface area is 116 Å². The highest BCUT2D eigenvalue weighted by atomic mass is 16.5. The fourth-order valence-electron chi connectivity index (χ4n) is 1.90. The van der Waals surface area contributed by atoms with Crippen LogP contribution in [-0.2, 0) is 9.47 Å². The van der Waals surface area contributed by atoms with E-state index in [9.17, 15) is 0 Å². The van der Waals surface area contributed by atoms with Crippen LogP contribution in [0.3, 0.4) is 0 Å². The number of ether oxygens (including phenoxy) is 2. The van der Waals surface area contributed by atoms with Crippen molar-refractivity contribution >= 4 is 5.69 Å². The van der Waals surface area contributed by atoms with Crippen LogP contribution in [-0.4, -0.2) is 58.5 Å². The van der Waals surface area contributed by atoms with Crippen LogP contribution in [0.15, 0.2) is 24.3 Å². The van der Waals surface area contributed by atoms with E-state index < -0.39 is 0 Å². The monoisotopic (exact) mass is 266 g/mol. The Morgan fingerprint density at radius 2 is 1.63 bits per heavy atom. The van der Waals surface area contributed by atoms with Crippen LogP contribution in [0, 0.1) is 6.92 Å². The molecule has 1 N–H and O–H groups in total. The molecule has 0 aromatic heterocycles. The normalized spacial score (nSPS) is 10.9. The summed E-state index contributed by atoms with van der Waals surface area (Å²) in [6, 6.07) is 8.35. The Balaban J connectivity index is 2.32. The quantitative estimate of drug-likeness (QED) is 0.702. The maximum Gasteiger partial charge on any atom is 0.0589 e. The first-order chi connectivity index (χ1) is 9.27. The summed E-state index contributed by atoms with van der Waals surface area (Å²) in [5.74, 6) is 0. The van der Waals surface area contributed by atoms with Crippen LogP contribution >= 0.6 is 0 Å². The minimum absolute atomic E-state index is 0.758. The Bertz CT molecular complexity index is 337. The van der Waals surface area contributed by atoms with Crippen LogP contribution in [0.1, 0.15) is 5.56 Å². The molecule has 0 aliphatic heterocycles. The standard InChI is InChI=1S/C15H26N2O2/c1-14-6-4-5-7-15(14)16-8-9-17(10-12-18-2)11-13-19-3/h4-7,16H,8-13H2,1-3H3. The molecule has 108 valence electrons. The molecule has 0 bridgehead atoms. The van der Waals surface area contributed by atoms with Crippen LogP contribution < -0.4 is 5.32 Å². The van der Waals surface area contributed by atoms with E-state index >= 15 is 0 Å². The maximum absolute atomic E-state index is 5.13. The second-order valence-corrected chi connectivity index (χ2v) is 4.57. The van der Waals surface area contributed by atoms with Gasteiger partial charge in [0, 0.05) is 46.1 Å². The fourth-order valence-corrected chi connectivity index (χ4v) is 1.90. The lowest BCUT2D eigenvalue weighted by molar-refractivity contribution is 0.116. The molecule has 0 spiro atoms. The lowest BCUT2D eigenvalue weighted by Crippen LogP contribution is -2.34. The first-order valence-corrected chi connectivity index (χ1v) is 6.77. The van der Waals surface area contributed by atoms with Gasteiger partial charge >= 0.3 is 0 Å². The number of benzene rings is 1. The topological polar surface area (TPSA) is 33.7 Å². The van der Waals surface area contributed by atoms with Crippen molar-refractivity contribution in [1.82, 2.24) is 4.90 Å². The third-order valence-corrected chi connectivity index (χ3v) is 3.11. The zero-order valence-electron chi connectivity index (χ0n) is 12.3. The van der Waals surface area contributed by atoms with Gasteiger partial charge in [-0.2, -0.15) is 0 Å². The lowest BCUT2D eigenvalue weighted by atomic mass is 10.2. The molecule has 4 nitrogen and oxygen atoms in total. The van der Waals surface area contributed by atoms with Gasteiger partial charge in [0.1, 0.15) is 0 Å². The molecule has 0 aliphatic rings. The number of nitrogens with zero attached hydrogens (tertiary/aromatic N) is 1. The molecular weight excluding hydrogens is 240 g/mol. The van der Waals surface area contributed by atoms with E-state index in [-0.39, 0.29) is 0 Å². The summed E-state index contributed by atoms with van der Waals surface area (Å²) in [6.45, 7) is 7.43. The average Bonchev–Trinajstić information content (AvgIpc) is 2.43. The summed E-state index contributed by atoms with van der Waals surface area (Å²) in [7, 11) is 3.47. The molecule has 0 heterocycles. The predicted octanol–water partition coefficient (Wildman–Crippen LogP) is 2.00. The van der Waals surface area contributed by atoms with E-state index in [1.807, 2.05) is 0 Å². The average molecular weight is 266 g/mol. The van der Waals surface area contributed by atoms with Crippen LogP contribution in [0.25, 0.3) is 0 Å². The highest BCUT2D eigenvalue weighted by molar-refractivity contribution is 5.50. The zero-order valence-corrected chi connectivity index (χ0v) is 12.3. The molecule has 1 aromatic rings. The minimum Gasteiger partial charge on any atom is -0.384 e. The molecule has 0 saturated heterocycles. The van der Waals surface area contributed by atoms with Crippen molar-refractivity contribution < 1.29 is 9.47 Å². The Morgan fingerprint density at radius 1 is 1.00 bits per heavy atom. The van der Waals surface area contributed by atoms with Gasteiger partial charge < -0.3 is 14.8 Å². The van der Waals surface area contributed by atoms with Crippen LogP contribution in [0.5, 0.6) is 0 Å². The third-order valence-electron chi connectivity index (χ3n) is 3.11. The summed E-state index contributed by atoms with van der Waals surface area (Å²) in [5, 5.41) is 3.47. The second-order valence-electron chi connectivity index (χ2n) is 4.57. The molecule has 0 amide bonds. The lowest BCUT2D eigenvalue weighted by Gasteiger charge is -2.22. The first-order valence-electron chi connectivity index (χ1n) is 6.77. The van der Waals surface area contributed by atoms with E-state index in [1.54, 1.807) is 14.2 Å². The van der Waals surface area contributed by atoms with Crippen LogP contribution in [0.2, 0.25) is 0 Å². The molecule has 0 fully saturated rings. The van der Waals surface area contributed by atoms with Crippen molar-refractivity contribution in [2.24, 2.45) is 0 Å². The zero-order chi connectivity index (χ0) is 13.9. The number of anilines is 1. The van der Waals surface area contributed by atoms with Gasteiger partial charge in [-0.25, -0.2) is 0 Å². The van der Waals surface area contributed by atoms with Crippen molar-refractivity contribution in [2.75, 3.05) is 58.9 Å². The third kappa shape index (κ3) is 6.57. The molecule has 0 saturated carbocycles. The Kier molecular flexibility index (Phi) is 8.21. The highest BCUT2D eigenvalue weighted by Crippen LogP contribution is 2.12. The van der Waals surface area contributed by atoms with Gasteiger partial charge in [0.15, 0.2) is 0 Å². The summed E-state index contributed by atoms with van der Waals surface area (Å²) in [6.07, 6.45) is 0. The second kappa shape index (κ2) is 9.78. The van der Waals surface area contributed by atoms with E-state index in [2.05, 4.69) is 41.4 Å². The molecule has 0 atom stereocenters. The number of methoxy groups -OCH3 is 2. The van der Waals surface area contributed by atoms with Crippen molar-refractivity contribution in [3.8, 4) is 0 Å². The van der Waals surface area contributed by atoms with Gasteiger partial charge in [0.2, 0.25) is 0 Å². The minimum atomic E-state index is 0.758. The van der Waals surface area contributed by atoms with Crippen molar-refractivity contribution in [3.63, 3.8) is 0 Å². The van der Waals surface area contributed by atoms with Gasteiger partial charge in [0.05, 0.1) is 13.2 Å². The Hall–Kier alpha value is -1.10. The number of hydrogen-bond acceptors (Lipinski definition) is 4. The molecular formula is C15H26N2O2. The molecule has 0 radical (unpaired) electrons. The molecule has 19 heavy (non-hydrogen) atoms. The summed E-state index contributed by atoms with van der Waals surface area (Å²) < 4.78 is 10.3.